The van der Waals surface area contributed by atoms with Gasteiger partial charge in [-0.1, -0.05) is 42.3 Å². The Balaban J connectivity index is 1.74. The molecule has 0 unspecified atom stereocenters. The van der Waals surface area contributed by atoms with E-state index in [1.54, 1.807) is 18.2 Å². The maximum atomic E-state index is 12.8. The second-order valence-corrected chi connectivity index (χ2v) is 6.63. The molecule has 2 amide bonds. The highest BCUT2D eigenvalue weighted by atomic mass is 35.5. The smallest absolute Gasteiger partial charge is 0.248 e. The summed E-state index contributed by atoms with van der Waals surface area (Å²) < 4.78 is 0. The maximum Gasteiger partial charge on any atom is 0.248 e. The molecule has 2 aromatic rings. The summed E-state index contributed by atoms with van der Waals surface area (Å²) in [5, 5.41) is 3.63. The number of hydrogen-bond donors (Lipinski definition) is 2. The van der Waals surface area contributed by atoms with E-state index in [1.165, 1.54) is 0 Å². The van der Waals surface area contributed by atoms with E-state index in [2.05, 4.69) is 5.32 Å². The van der Waals surface area contributed by atoms with Gasteiger partial charge in [0.05, 0.1) is 5.41 Å². The van der Waals surface area contributed by atoms with E-state index >= 15 is 0 Å². The third-order valence-electron chi connectivity index (χ3n) is 4.68. The first-order chi connectivity index (χ1) is 11.5. The molecule has 0 aromatic heterocycles. The van der Waals surface area contributed by atoms with Crippen molar-refractivity contribution in [3.8, 4) is 0 Å². The summed E-state index contributed by atoms with van der Waals surface area (Å²) in [5.41, 5.74) is 7.05. The molecule has 2 aromatic carbocycles. The first-order valence-corrected chi connectivity index (χ1v) is 8.32. The number of carbonyl (C=O) groups is 2. The Kier molecular flexibility index (Phi) is 4.58. The molecule has 3 N–H and O–H groups in total. The first kappa shape index (κ1) is 16.5. The van der Waals surface area contributed by atoms with E-state index in [4.69, 9.17) is 17.3 Å². The van der Waals surface area contributed by atoms with Crippen LogP contribution < -0.4 is 11.1 Å². The van der Waals surface area contributed by atoms with Crippen molar-refractivity contribution in [2.75, 3.05) is 0 Å². The molecule has 0 aliphatic heterocycles. The maximum absolute atomic E-state index is 12.8. The zero-order valence-electron chi connectivity index (χ0n) is 13.2. The van der Waals surface area contributed by atoms with Crippen LogP contribution in [0.5, 0.6) is 0 Å². The van der Waals surface area contributed by atoms with Gasteiger partial charge in [-0.15, -0.1) is 0 Å². The Bertz CT molecular complexity index is 784. The molecule has 0 bridgehead atoms. The number of halogens is 1. The molecule has 1 aliphatic carbocycles. The van der Waals surface area contributed by atoms with Crippen LogP contribution in [0.25, 0.3) is 0 Å². The summed E-state index contributed by atoms with van der Waals surface area (Å²) in [6.07, 6.45) is 2.66. The van der Waals surface area contributed by atoms with Crippen LogP contribution in [0.15, 0.2) is 48.5 Å². The lowest BCUT2D eigenvalue weighted by Gasteiger charge is -2.40. The van der Waals surface area contributed by atoms with Crippen molar-refractivity contribution in [2.24, 2.45) is 5.73 Å². The molecule has 124 valence electrons. The molecule has 5 heteroatoms. The van der Waals surface area contributed by atoms with Crippen molar-refractivity contribution in [1.82, 2.24) is 5.32 Å². The molecule has 1 fully saturated rings. The van der Waals surface area contributed by atoms with Crippen LogP contribution in [-0.4, -0.2) is 11.8 Å². The summed E-state index contributed by atoms with van der Waals surface area (Å²) >= 11 is 6.08. The van der Waals surface area contributed by atoms with Crippen LogP contribution in [0.4, 0.5) is 0 Å². The minimum atomic E-state index is -0.494. The fourth-order valence-electron chi connectivity index (χ4n) is 3.15. The quantitative estimate of drug-likeness (QED) is 0.876. The molecular weight excluding hydrogens is 324 g/mol. The van der Waals surface area contributed by atoms with Gasteiger partial charge in [0, 0.05) is 17.1 Å². The molecule has 3 rings (SSSR count). The minimum absolute atomic E-state index is 0.000458. The van der Waals surface area contributed by atoms with Crippen molar-refractivity contribution >= 4 is 23.4 Å². The number of amides is 2. The summed E-state index contributed by atoms with van der Waals surface area (Å²) in [6, 6.07) is 14.5. The molecular formula is C19H19ClN2O2. The van der Waals surface area contributed by atoms with E-state index in [-0.39, 0.29) is 5.91 Å². The fraction of sp³-hybridized carbons (Fsp3) is 0.263. The topological polar surface area (TPSA) is 72.2 Å². The van der Waals surface area contributed by atoms with Gasteiger partial charge < -0.3 is 11.1 Å². The number of nitrogens with one attached hydrogen (secondary N) is 1. The Hall–Kier alpha value is -2.33. The third kappa shape index (κ3) is 3.15. The zero-order valence-corrected chi connectivity index (χ0v) is 14.0. The van der Waals surface area contributed by atoms with Gasteiger partial charge in [-0.05, 0) is 48.2 Å². The van der Waals surface area contributed by atoms with Crippen molar-refractivity contribution in [3.63, 3.8) is 0 Å². The van der Waals surface area contributed by atoms with Crippen molar-refractivity contribution in [3.05, 3.63) is 70.2 Å². The highest BCUT2D eigenvalue weighted by Crippen LogP contribution is 2.44. The van der Waals surface area contributed by atoms with Gasteiger partial charge in [-0.25, -0.2) is 0 Å². The summed E-state index contributed by atoms with van der Waals surface area (Å²) in [5.74, 6) is -0.474. The molecule has 1 aliphatic rings. The largest absolute Gasteiger partial charge is 0.366 e. The van der Waals surface area contributed by atoms with E-state index in [1.807, 2.05) is 30.3 Å². The van der Waals surface area contributed by atoms with Gasteiger partial charge in [0.2, 0.25) is 11.8 Å². The molecule has 0 atom stereocenters. The van der Waals surface area contributed by atoms with Crippen LogP contribution >= 0.6 is 11.6 Å². The first-order valence-electron chi connectivity index (χ1n) is 7.94. The highest BCUT2D eigenvalue weighted by Gasteiger charge is 2.45. The van der Waals surface area contributed by atoms with Crippen LogP contribution in [0.3, 0.4) is 0 Å². The van der Waals surface area contributed by atoms with E-state index in [9.17, 15) is 9.59 Å². The van der Waals surface area contributed by atoms with Gasteiger partial charge in [0.25, 0.3) is 0 Å². The lowest BCUT2D eigenvalue weighted by Crippen LogP contribution is -2.49. The number of primary amides is 1. The highest BCUT2D eigenvalue weighted by molar-refractivity contribution is 6.30. The van der Waals surface area contributed by atoms with Crippen molar-refractivity contribution < 1.29 is 9.59 Å². The van der Waals surface area contributed by atoms with Gasteiger partial charge >= 0.3 is 0 Å². The fourth-order valence-corrected chi connectivity index (χ4v) is 3.34. The zero-order chi connectivity index (χ0) is 17.2. The molecule has 4 nitrogen and oxygen atoms in total. The molecule has 1 saturated carbocycles. The van der Waals surface area contributed by atoms with E-state index < -0.39 is 11.3 Å². The molecule has 24 heavy (non-hydrogen) atoms. The summed E-state index contributed by atoms with van der Waals surface area (Å²) in [6.45, 7) is 0.363. The third-order valence-corrected chi connectivity index (χ3v) is 4.92. The van der Waals surface area contributed by atoms with Crippen molar-refractivity contribution in [2.45, 2.75) is 31.2 Å². The van der Waals surface area contributed by atoms with E-state index in [0.29, 0.717) is 17.1 Å². The van der Waals surface area contributed by atoms with Gasteiger partial charge in [-0.3, -0.25) is 9.59 Å². The average molecular weight is 343 g/mol. The van der Waals surface area contributed by atoms with Gasteiger partial charge in [0.1, 0.15) is 0 Å². The number of hydrogen-bond acceptors (Lipinski definition) is 2. The summed E-state index contributed by atoms with van der Waals surface area (Å²) in [4.78, 5) is 24.1. The number of rotatable bonds is 5. The Morgan fingerprint density at radius 2 is 1.88 bits per heavy atom. The predicted octanol–water partition coefficient (Wildman–Crippen LogP) is 3.18. The Morgan fingerprint density at radius 3 is 2.50 bits per heavy atom. The lowest BCUT2D eigenvalue weighted by atomic mass is 9.64. The second-order valence-electron chi connectivity index (χ2n) is 6.19. The predicted molar refractivity (Wildman–Crippen MR) is 93.8 cm³/mol. The SMILES string of the molecule is NC(=O)c1cccc(CNC(=O)C2(c3cccc(Cl)c3)CCC2)c1. The van der Waals surface area contributed by atoms with E-state index in [0.717, 1.165) is 30.4 Å². The Labute approximate surface area is 146 Å². The van der Waals surface area contributed by atoms with Crippen LogP contribution in [0.2, 0.25) is 5.02 Å². The second kappa shape index (κ2) is 6.65. The average Bonchev–Trinajstić information content (AvgIpc) is 2.52. The normalized spacial score (nSPS) is 15.4. The molecule has 0 heterocycles. The number of nitrogens with two attached hydrogens (primary N) is 1. The summed E-state index contributed by atoms with van der Waals surface area (Å²) in [7, 11) is 0. The van der Waals surface area contributed by atoms with Gasteiger partial charge in [-0.2, -0.15) is 0 Å². The minimum Gasteiger partial charge on any atom is -0.366 e. The number of carbonyl (C=O) groups excluding carboxylic acids is 2. The molecule has 0 spiro atoms. The monoisotopic (exact) mass is 342 g/mol. The Morgan fingerprint density at radius 1 is 1.12 bits per heavy atom. The van der Waals surface area contributed by atoms with Crippen LogP contribution in [0.1, 0.15) is 40.7 Å². The van der Waals surface area contributed by atoms with Gasteiger partial charge in [0.15, 0.2) is 0 Å². The number of benzene rings is 2. The lowest BCUT2D eigenvalue weighted by molar-refractivity contribution is -0.130. The van der Waals surface area contributed by atoms with Crippen LogP contribution in [0, 0.1) is 0 Å². The molecule has 0 saturated heterocycles. The standard InChI is InChI=1S/C19H19ClN2O2/c20-16-7-2-6-15(11-16)19(8-3-9-19)18(24)22-12-13-4-1-5-14(10-13)17(21)23/h1-2,4-7,10-11H,3,8-9,12H2,(H2,21,23)(H,22,24). The van der Waals surface area contributed by atoms with Crippen LogP contribution in [-0.2, 0) is 16.8 Å². The van der Waals surface area contributed by atoms with Crippen molar-refractivity contribution in [1.29, 1.82) is 0 Å². The molecule has 0 radical (unpaired) electrons.